The Morgan fingerprint density at radius 3 is 2.20 bits per heavy atom. The minimum atomic E-state index is -0.358. The predicted molar refractivity (Wildman–Crippen MR) is 33.4 cm³/mol. The van der Waals surface area contributed by atoms with E-state index in [1.165, 1.54) is 0 Å². The highest BCUT2D eigenvalue weighted by Gasteiger charge is 2.31. The van der Waals surface area contributed by atoms with Crippen LogP contribution in [0.5, 0.6) is 0 Å². The second-order valence-electron chi connectivity index (χ2n) is 3.00. The van der Waals surface area contributed by atoms with Crippen molar-refractivity contribution in [2.24, 2.45) is 0 Å². The average Bonchev–Trinajstić information content (AvgIpc) is 2.12. The molecule has 0 atom stereocenters. The Kier molecular flexibility index (Phi) is 2.25. The molecule has 1 rings (SSSR count). The van der Waals surface area contributed by atoms with Crippen molar-refractivity contribution in [3.8, 4) is 0 Å². The second kappa shape index (κ2) is 2.84. The summed E-state index contributed by atoms with van der Waals surface area (Å²) in [6.45, 7) is 1.87. The molecule has 4 heteroatoms. The van der Waals surface area contributed by atoms with Gasteiger partial charge in [-0.2, -0.15) is 0 Å². The first-order valence-corrected chi connectivity index (χ1v) is 3.49. The lowest BCUT2D eigenvalue weighted by atomic mass is 10.1. The standard InChI is InChI=1S/C6H13NO3/c1-6(10-7(8)9)4-2-3-5-6/h8-9H,2-5H2,1H3. The van der Waals surface area contributed by atoms with E-state index in [0.717, 1.165) is 25.7 Å². The number of rotatable bonds is 2. The smallest absolute Gasteiger partial charge is 0.0922 e. The molecule has 1 saturated carbocycles. The van der Waals surface area contributed by atoms with Crippen LogP contribution in [0.3, 0.4) is 0 Å². The van der Waals surface area contributed by atoms with Crippen molar-refractivity contribution in [2.45, 2.75) is 38.2 Å². The Morgan fingerprint density at radius 1 is 1.30 bits per heavy atom. The van der Waals surface area contributed by atoms with Gasteiger partial charge in [0.25, 0.3) is 0 Å². The predicted octanol–water partition coefficient (Wildman–Crippen LogP) is 1.33. The SMILES string of the molecule is CC1(ON(O)O)CCCC1. The molecular formula is C6H13NO3. The van der Waals surface area contributed by atoms with E-state index < -0.39 is 0 Å². The molecule has 0 aromatic carbocycles. The highest BCUT2D eigenvalue weighted by Crippen LogP contribution is 2.32. The van der Waals surface area contributed by atoms with E-state index in [-0.39, 0.29) is 11.0 Å². The third kappa shape index (κ3) is 1.91. The molecule has 1 aliphatic rings. The third-order valence-corrected chi connectivity index (χ3v) is 1.96. The maximum absolute atomic E-state index is 8.34. The Labute approximate surface area is 59.9 Å². The van der Waals surface area contributed by atoms with Crippen LogP contribution in [0.1, 0.15) is 32.6 Å². The summed E-state index contributed by atoms with van der Waals surface area (Å²) >= 11 is 0. The van der Waals surface area contributed by atoms with Crippen LogP contribution in [0, 0.1) is 0 Å². The molecule has 1 aliphatic carbocycles. The lowest BCUT2D eigenvalue weighted by Gasteiger charge is -2.23. The molecule has 0 aromatic heterocycles. The van der Waals surface area contributed by atoms with E-state index in [9.17, 15) is 0 Å². The van der Waals surface area contributed by atoms with Crippen molar-refractivity contribution < 1.29 is 15.3 Å². The fourth-order valence-electron chi connectivity index (χ4n) is 1.41. The summed E-state index contributed by atoms with van der Waals surface area (Å²) in [5, 5.41) is 16.5. The van der Waals surface area contributed by atoms with Crippen LogP contribution >= 0.6 is 0 Å². The molecule has 0 aromatic rings. The summed E-state index contributed by atoms with van der Waals surface area (Å²) in [6, 6.07) is 0. The van der Waals surface area contributed by atoms with Crippen molar-refractivity contribution in [1.82, 2.24) is 5.39 Å². The van der Waals surface area contributed by atoms with Crippen LogP contribution in [0.4, 0.5) is 0 Å². The zero-order chi connectivity index (χ0) is 7.61. The summed E-state index contributed by atoms with van der Waals surface area (Å²) in [6.07, 6.45) is 3.99. The molecule has 0 aliphatic heterocycles. The van der Waals surface area contributed by atoms with Gasteiger partial charge in [0.2, 0.25) is 0 Å². The van der Waals surface area contributed by atoms with E-state index >= 15 is 0 Å². The van der Waals surface area contributed by atoms with Gasteiger partial charge in [-0.25, -0.2) is 4.84 Å². The first-order valence-electron chi connectivity index (χ1n) is 3.49. The van der Waals surface area contributed by atoms with E-state index in [4.69, 9.17) is 15.3 Å². The minimum Gasteiger partial charge on any atom is -0.266 e. The van der Waals surface area contributed by atoms with Crippen LogP contribution in [0.25, 0.3) is 0 Å². The van der Waals surface area contributed by atoms with Crippen molar-refractivity contribution in [1.29, 1.82) is 0 Å². The fraction of sp³-hybridized carbons (Fsp3) is 1.00. The number of hydrogen-bond acceptors (Lipinski definition) is 4. The molecular weight excluding hydrogens is 134 g/mol. The van der Waals surface area contributed by atoms with Crippen molar-refractivity contribution in [3.05, 3.63) is 0 Å². The van der Waals surface area contributed by atoms with E-state index in [1.54, 1.807) is 0 Å². The Bertz CT molecular complexity index is 110. The van der Waals surface area contributed by atoms with Crippen LogP contribution < -0.4 is 0 Å². The molecule has 1 fully saturated rings. The minimum absolute atomic E-state index is 0.189. The molecule has 0 bridgehead atoms. The van der Waals surface area contributed by atoms with Crippen molar-refractivity contribution >= 4 is 0 Å². The van der Waals surface area contributed by atoms with Gasteiger partial charge in [-0.1, -0.05) is 12.8 Å². The van der Waals surface area contributed by atoms with Crippen LogP contribution in [0.2, 0.25) is 0 Å². The van der Waals surface area contributed by atoms with E-state index in [2.05, 4.69) is 0 Å². The second-order valence-corrected chi connectivity index (χ2v) is 3.00. The lowest BCUT2D eigenvalue weighted by molar-refractivity contribution is -0.518. The van der Waals surface area contributed by atoms with Crippen molar-refractivity contribution in [2.75, 3.05) is 0 Å². The molecule has 60 valence electrons. The van der Waals surface area contributed by atoms with Crippen LogP contribution in [0.15, 0.2) is 0 Å². The highest BCUT2D eigenvalue weighted by molar-refractivity contribution is 4.80. The fourth-order valence-corrected chi connectivity index (χ4v) is 1.41. The van der Waals surface area contributed by atoms with Crippen molar-refractivity contribution in [3.63, 3.8) is 0 Å². The topological polar surface area (TPSA) is 52.9 Å². The molecule has 0 radical (unpaired) electrons. The van der Waals surface area contributed by atoms with Gasteiger partial charge in [-0.15, -0.1) is 0 Å². The van der Waals surface area contributed by atoms with Gasteiger partial charge in [-0.05, 0) is 19.8 Å². The summed E-state index contributed by atoms with van der Waals surface area (Å²) in [5.74, 6) is 0. The first-order chi connectivity index (χ1) is 4.62. The highest BCUT2D eigenvalue weighted by atomic mass is 17.1. The van der Waals surface area contributed by atoms with Crippen LogP contribution in [-0.2, 0) is 4.84 Å². The molecule has 0 heterocycles. The number of hydrogen-bond donors (Lipinski definition) is 2. The zero-order valence-corrected chi connectivity index (χ0v) is 6.08. The summed E-state index contributed by atoms with van der Waals surface area (Å²) in [4.78, 5) is 4.74. The molecule has 2 N–H and O–H groups in total. The van der Waals surface area contributed by atoms with Gasteiger partial charge in [0, 0.05) is 0 Å². The Morgan fingerprint density at radius 2 is 1.80 bits per heavy atom. The quantitative estimate of drug-likeness (QED) is 0.578. The van der Waals surface area contributed by atoms with Gasteiger partial charge < -0.3 is 0 Å². The van der Waals surface area contributed by atoms with E-state index in [1.807, 2.05) is 6.92 Å². The normalized spacial score (nSPS) is 24.0. The summed E-state index contributed by atoms with van der Waals surface area (Å²) < 4.78 is 0. The Balaban J connectivity index is 2.36. The summed E-state index contributed by atoms with van der Waals surface area (Å²) in [5.41, 5.74) is -0.358. The van der Waals surface area contributed by atoms with Gasteiger partial charge in [0.1, 0.15) is 0 Å². The largest absolute Gasteiger partial charge is 0.266 e. The monoisotopic (exact) mass is 147 g/mol. The average molecular weight is 147 g/mol. The molecule has 10 heavy (non-hydrogen) atoms. The molecule has 0 spiro atoms. The lowest BCUT2D eigenvalue weighted by Crippen LogP contribution is -2.32. The summed E-state index contributed by atoms with van der Waals surface area (Å²) in [7, 11) is 0. The molecule has 4 nitrogen and oxygen atoms in total. The van der Waals surface area contributed by atoms with Gasteiger partial charge in [0.15, 0.2) is 0 Å². The third-order valence-electron chi connectivity index (χ3n) is 1.96. The van der Waals surface area contributed by atoms with Gasteiger partial charge in [0.05, 0.1) is 11.0 Å². The Hall–Kier alpha value is -0.160. The molecule has 0 amide bonds. The maximum Gasteiger partial charge on any atom is 0.0922 e. The first kappa shape index (κ1) is 7.94. The maximum atomic E-state index is 8.34. The number of nitrogens with zero attached hydrogens (tertiary/aromatic N) is 1. The zero-order valence-electron chi connectivity index (χ0n) is 6.08. The van der Waals surface area contributed by atoms with Crippen LogP contribution in [-0.4, -0.2) is 21.4 Å². The van der Waals surface area contributed by atoms with Gasteiger partial charge >= 0.3 is 0 Å². The molecule has 0 unspecified atom stereocenters. The molecule has 0 saturated heterocycles. The van der Waals surface area contributed by atoms with E-state index in [0.29, 0.717) is 0 Å². The van der Waals surface area contributed by atoms with Gasteiger partial charge in [-0.3, -0.25) is 10.4 Å².